The quantitative estimate of drug-likeness (QED) is 0.623. The van der Waals surface area contributed by atoms with Gasteiger partial charge in [0.15, 0.2) is 0 Å². The number of likely N-dealkylation sites (tertiary alicyclic amines) is 1. The molecule has 0 aromatic heterocycles. The van der Waals surface area contributed by atoms with E-state index in [1.807, 2.05) is 0 Å². The summed E-state index contributed by atoms with van der Waals surface area (Å²) in [6, 6.07) is -1.35. The van der Waals surface area contributed by atoms with Crippen LogP contribution in [0.15, 0.2) is 0 Å². The van der Waals surface area contributed by atoms with Gasteiger partial charge in [0.2, 0.25) is 0 Å². The smallest absolute Gasteiger partial charge is 0.325 e. The van der Waals surface area contributed by atoms with Crippen LogP contribution < -0.4 is 5.32 Å². The van der Waals surface area contributed by atoms with Crippen molar-refractivity contribution in [3.63, 3.8) is 0 Å². The van der Waals surface area contributed by atoms with Crippen molar-refractivity contribution in [3.8, 4) is 0 Å². The monoisotopic (exact) mass is 230 g/mol. The molecule has 0 aromatic rings. The first-order valence-electron chi connectivity index (χ1n) is 5.32. The van der Waals surface area contributed by atoms with Gasteiger partial charge in [0.05, 0.1) is 12.1 Å². The minimum Gasteiger partial charge on any atom is -0.480 e. The Morgan fingerprint density at radius 3 is 2.62 bits per heavy atom. The number of piperidine rings is 1. The lowest BCUT2D eigenvalue weighted by atomic mass is 9.95. The standard InChI is InChI=1S/C10H18N2O4/c1-7(8(13)14)11-9(15)12-5-3-4-10(2,16)6-12/h7,16H,3-6H2,1-2H3,(H,11,15)(H,13,14). The molecule has 6 nitrogen and oxygen atoms in total. The largest absolute Gasteiger partial charge is 0.480 e. The predicted molar refractivity (Wildman–Crippen MR) is 57.1 cm³/mol. The number of nitrogens with one attached hydrogen (secondary N) is 1. The van der Waals surface area contributed by atoms with Gasteiger partial charge in [-0.25, -0.2) is 4.79 Å². The first-order valence-corrected chi connectivity index (χ1v) is 5.32. The molecule has 0 radical (unpaired) electrons. The molecule has 0 bridgehead atoms. The number of carboxylic acid groups (broad SMARTS) is 1. The van der Waals surface area contributed by atoms with Gasteiger partial charge in [-0.3, -0.25) is 4.79 Å². The Morgan fingerprint density at radius 1 is 1.50 bits per heavy atom. The highest BCUT2D eigenvalue weighted by atomic mass is 16.4. The van der Waals surface area contributed by atoms with Gasteiger partial charge in [0, 0.05) is 6.54 Å². The number of carboxylic acids is 1. The van der Waals surface area contributed by atoms with Crippen molar-refractivity contribution in [2.45, 2.75) is 38.3 Å². The SMILES string of the molecule is CC(NC(=O)N1CCCC(C)(O)C1)C(=O)O. The summed E-state index contributed by atoms with van der Waals surface area (Å²) in [6.45, 7) is 3.87. The van der Waals surface area contributed by atoms with Crippen molar-refractivity contribution in [2.24, 2.45) is 0 Å². The molecule has 6 heteroatoms. The second-order valence-corrected chi connectivity index (χ2v) is 4.53. The van der Waals surface area contributed by atoms with Gasteiger partial charge in [-0.2, -0.15) is 0 Å². The number of hydrogen-bond acceptors (Lipinski definition) is 3. The summed E-state index contributed by atoms with van der Waals surface area (Å²) in [6.07, 6.45) is 1.38. The molecule has 1 rings (SSSR count). The van der Waals surface area contributed by atoms with Crippen LogP contribution >= 0.6 is 0 Å². The van der Waals surface area contributed by atoms with Crippen LogP contribution in [0, 0.1) is 0 Å². The molecule has 2 atom stereocenters. The molecule has 0 spiro atoms. The van der Waals surface area contributed by atoms with Crippen LogP contribution in [0.5, 0.6) is 0 Å². The topological polar surface area (TPSA) is 89.9 Å². The maximum Gasteiger partial charge on any atom is 0.325 e. The maximum atomic E-state index is 11.6. The molecule has 1 heterocycles. The number of carbonyl (C=O) groups is 2. The third kappa shape index (κ3) is 3.37. The van der Waals surface area contributed by atoms with Crippen molar-refractivity contribution in [1.29, 1.82) is 0 Å². The fourth-order valence-corrected chi connectivity index (χ4v) is 1.73. The molecule has 2 amide bonds. The van der Waals surface area contributed by atoms with Crippen LogP contribution in [0.2, 0.25) is 0 Å². The number of urea groups is 1. The number of amides is 2. The molecule has 92 valence electrons. The highest BCUT2D eigenvalue weighted by Gasteiger charge is 2.31. The number of rotatable bonds is 2. The third-order valence-electron chi connectivity index (χ3n) is 2.67. The zero-order valence-electron chi connectivity index (χ0n) is 9.56. The number of nitrogens with zero attached hydrogens (tertiary/aromatic N) is 1. The Balaban J connectivity index is 2.51. The van der Waals surface area contributed by atoms with Crippen LogP contribution in [-0.2, 0) is 4.79 Å². The number of β-amino-alcohol motifs (C(OH)–C–C–N with tert-alkyl or cyclic N) is 1. The van der Waals surface area contributed by atoms with Crippen molar-refractivity contribution < 1.29 is 19.8 Å². The lowest BCUT2D eigenvalue weighted by molar-refractivity contribution is -0.138. The van der Waals surface area contributed by atoms with Gasteiger partial charge >= 0.3 is 12.0 Å². The molecule has 0 saturated carbocycles. The molecule has 1 fully saturated rings. The van der Waals surface area contributed by atoms with E-state index in [0.29, 0.717) is 13.0 Å². The molecular formula is C10H18N2O4. The number of carbonyl (C=O) groups excluding carboxylic acids is 1. The van der Waals surface area contributed by atoms with Gasteiger partial charge < -0.3 is 20.4 Å². The van der Waals surface area contributed by atoms with Crippen molar-refractivity contribution in [1.82, 2.24) is 10.2 Å². The third-order valence-corrected chi connectivity index (χ3v) is 2.67. The van der Waals surface area contributed by atoms with Crippen LogP contribution in [0.25, 0.3) is 0 Å². The Hall–Kier alpha value is -1.30. The van der Waals surface area contributed by atoms with E-state index < -0.39 is 23.6 Å². The number of aliphatic hydroxyl groups is 1. The molecule has 2 unspecified atom stereocenters. The van der Waals surface area contributed by atoms with E-state index in [1.165, 1.54) is 11.8 Å². The van der Waals surface area contributed by atoms with Gasteiger partial charge in [-0.15, -0.1) is 0 Å². The minimum absolute atomic E-state index is 0.241. The van der Waals surface area contributed by atoms with Crippen molar-refractivity contribution >= 4 is 12.0 Å². The maximum absolute atomic E-state index is 11.6. The number of hydrogen-bond donors (Lipinski definition) is 3. The molecular weight excluding hydrogens is 212 g/mol. The normalized spacial score (nSPS) is 27.3. The van der Waals surface area contributed by atoms with Crippen LogP contribution in [0.1, 0.15) is 26.7 Å². The lowest BCUT2D eigenvalue weighted by Crippen LogP contribution is -2.54. The number of aliphatic carboxylic acids is 1. The summed E-state index contributed by atoms with van der Waals surface area (Å²) < 4.78 is 0. The summed E-state index contributed by atoms with van der Waals surface area (Å²) in [7, 11) is 0. The van der Waals surface area contributed by atoms with E-state index in [2.05, 4.69) is 5.32 Å². The van der Waals surface area contributed by atoms with Crippen molar-refractivity contribution in [3.05, 3.63) is 0 Å². The predicted octanol–water partition coefficient (Wildman–Crippen LogP) is 0.0159. The van der Waals surface area contributed by atoms with Crippen molar-refractivity contribution in [2.75, 3.05) is 13.1 Å². The highest BCUT2D eigenvalue weighted by Crippen LogP contribution is 2.20. The summed E-state index contributed by atoms with van der Waals surface area (Å²) in [5.74, 6) is -1.07. The summed E-state index contributed by atoms with van der Waals surface area (Å²) in [4.78, 5) is 23.7. The van der Waals surface area contributed by atoms with E-state index in [4.69, 9.17) is 5.11 Å². The average Bonchev–Trinajstić information content (AvgIpc) is 2.15. The Labute approximate surface area is 94.2 Å². The summed E-state index contributed by atoms with van der Waals surface area (Å²) in [5.41, 5.74) is -0.873. The molecule has 1 aliphatic rings. The first kappa shape index (κ1) is 12.8. The van der Waals surface area contributed by atoms with Gasteiger partial charge in [0.1, 0.15) is 6.04 Å². The van der Waals surface area contributed by atoms with E-state index in [-0.39, 0.29) is 6.54 Å². The van der Waals surface area contributed by atoms with E-state index in [9.17, 15) is 14.7 Å². The highest BCUT2D eigenvalue weighted by molar-refractivity contribution is 5.82. The first-order chi connectivity index (χ1) is 7.32. The molecule has 1 aliphatic heterocycles. The zero-order chi connectivity index (χ0) is 12.3. The van der Waals surface area contributed by atoms with E-state index in [0.717, 1.165) is 6.42 Å². The molecule has 16 heavy (non-hydrogen) atoms. The molecule has 1 saturated heterocycles. The fraction of sp³-hybridized carbons (Fsp3) is 0.800. The summed E-state index contributed by atoms with van der Waals surface area (Å²) >= 11 is 0. The Morgan fingerprint density at radius 2 is 2.12 bits per heavy atom. The van der Waals surface area contributed by atoms with E-state index >= 15 is 0 Å². The van der Waals surface area contributed by atoms with E-state index in [1.54, 1.807) is 6.92 Å². The van der Waals surface area contributed by atoms with Gasteiger partial charge in [-0.05, 0) is 26.7 Å². The Kier molecular flexibility index (Phi) is 3.74. The summed E-state index contributed by atoms with van der Waals surface area (Å²) in [5, 5.41) is 20.8. The lowest BCUT2D eigenvalue weighted by Gasteiger charge is -2.37. The van der Waals surface area contributed by atoms with Gasteiger partial charge in [0.25, 0.3) is 0 Å². The van der Waals surface area contributed by atoms with Gasteiger partial charge in [-0.1, -0.05) is 0 Å². The zero-order valence-corrected chi connectivity index (χ0v) is 9.56. The molecule has 3 N–H and O–H groups in total. The molecule has 0 aromatic carbocycles. The second kappa shape index (κ2) is 4.69. The molecule has 0 aliphatic carbocycles. The Bertz CT molecular complexity index is 291. The fourth-order valence-electron chi connectivity index (χ4n) is 1.73. The van der Waals surface area contributed by atoms with Crippen LogP contribution in [0.3, 0.4) is 0 Å². The average molecular weight is 230 g/mol. The van der Waals surface area contributed by atoms with Crippen LogP contribution in [-0.4, -0.2) is 51.8 Å². The van der Waals surface area contributed by atoms with Crippen LogP contribution in [0.4, 0.5) is 4.79 Å². The second-order valence-electron chi connectivity index (χ2n) is 4.53. The minimum atomic E-state index is -1.07.